The molecule has 96 valence electrons. The molecule has 0 aromatic heterocycles. The number of halogens is 3. The van der Waals surface area contributed by atoms with Gasteiger partial charge < -0.3 is 10.8 Å². The summed E-state index contributed by atoms with van der Waals surface area (Å²) in [5.74, 6) is -0.556. The number of nitrogens with two attached hydrogens (primary N) is 1. The summed E-state index contributed by atoms with van der Waals surface area (Å²) in [6.45, 7) is 0. The molecule has 1 aromatic carbocycles. The van der Waals surface area contributed by atoms with Gasteiger partial charge in [-0.2, -0.15) is 0 Å². The quantitative estimate of drug-likeness (QED) is 0.866. The molecule has 0 unspecified atom stereocenters. The monoisotopic (exact) mass is 323 g/mol. The van der Waals surface area contributed by atoms with Crippen LogP contribution in [-0.2, 0) is 0 Å². The Morgan fingerprint density at radius 3 is 2.53 bits per heavy atom. The van der Waals surface area contributed by atoms with Crippen LogP contribution < -0.4 is 5.73 Å². The second-order valence-electron chi connectivity index (χ2n) is 4.40. The number of rotatable bonds is 2. The van der Waals surface area contributed by atoms with Gasteiger partial charge in [-0.3, -0.25) is 0 Å². The molecule has 0 heterocycles. The van der Waals surface area contributed by atoms with E-state index in [0.717, 1.165) is 12.8 Å². The maximum atomic E-state index is 13.4. The molecular formula is C12H16BrClFNO. The summed E-state index contributed by atoms with van der Waals surface area (Å²) < 4.78 is 14.0. The van der Waals surface area contributed by atoms with Crippen LogP contribution in [-0.4, -0.2) is 5.11 Å². The molecule has 1 fully saturated rings. The molecule has 0 bridgehead atoms. The Bertz CT molecular complexity index is 396. The third-order valence-electron chi connectivity index (χ3n) is 3.32. The van der Waals surface area contributed by atoms with Crippen LogP contribution in [0, 0.1) is 11.7 Å². The molecule has 1 aromatic rings. The largest absolute Gasteiger partial charge is 0.505 e. The average Bonchev–Trinajstić information content (AvgIpc) is 2.75. The highest BCUT2D eigenvalue weighted by molar-refractivity contribution is 9.10. The Kier molecular flexibility index (Phi) is 5.22. The van der Waals surface area contributed by atoms with E-state index in [9.17, 15) is 9.50 Å². The fourth-order valence-corrected chi connectivity index (χ4v) is 2.86. The Labute approximate surface area is 115 Å². The SMILES string of the molecule is Cl.N[C@H](c1cc(Br)cc(F)c1O)C1CCCC1. The van der Waals surface area contributed by atoms with Crippen molar-refractivity contribution >= 4 is 28.3 Å². The normalized spacial score (nSPS) is 17.8. The van der Waals surface area contributed by atoms with Crippen molar-refractivity contribution in [2.24, 2.45) is 11.7 Å². The van der Waals surface area contributed by atoms with E-state index in [1.165, 1.54) is 18.9 Å². The topological polar surface area (TPSA) is 46.2 Å². The predicted octanol–water partition coefficient (Wildman–Crippen LogP) is 3.91. The van der Waals surface area contributed by atoms with E-state index in [0.29, 0.717) is 16.0 Å². The minimum atomic E-state index is -0.613. The van der Waals surface area contributed by atoms with Gasteiger partial charge in [-0.25, -0.2) is 4.39 Å². The molecule has 1 aliphatic rings. The summed E-state index contributed by atoms with van der Waals surface area (Å²) in [6.07, 6.45) is 4.48. The Hall–Kier alpha value is -0.320. The van der Waals surface area contributed by atoms with Crippen LogP contribution in [0.5, 0.6) is 5.75 Å². The molecule has 0 radical (unpaired) electrons. The van der Waals surface area contributed by atoms with E-state index in [2.05, 4.69) is 15.9 Å². The maximum absolute atomic E-state index is 13.4. The zero-order valence-corrected chi connectivity index (χ0v) is 11.7. The second-order valence-corrected chi connectivity index (χ2v) is 5.31. The molecule has 1 aliphatic carbocycles. The van der Waals surface area contributed by atoms with Crippen LogP contribution in [0.2, 0.25) is 0 Å². The van der Waals surface area contributed by atoms with E-state index >= 15 is 0 Å². The summed E-state index contributed by atoms with van der Waals surface area (Å²) in [5.41, 5.74) is 6.60. The number of phenols is 1. The molecule has 2 nitrogen and oxygen atoms in total. The van der Waals surface area contributed by atoms with Gasteiger partial charge in [0, 0.05) is 16.1 Å². The highest BCUT2D eigenvalue weighted by Gasteiger charge is 2.26. The highest BCUT2D eigenvalue weighted by Crippen LogP contribution is 2.39. The summed E-state index contributed by atoms with van der Waals surface area (Å²) >= 11 is 3.22. The van der Waals surface area contributed by atoms with E-state index in [1.54, 1.807) is 6.07 Å². The maximum Gasteiger partial charge on any atom is 0.166 e. The van der Waals surface area contributed by atoms with E-state index in [-0.39, 0.29) is 24.2 Å². The summed E-state index contributed by atoms with van der Waals surface area (Å²) in [4.78, 5) is 0. The molecule has 0 aliphatic heterocycles. The fraction of sp³-hybridized carbons (Fsp3) is 0.500. The van der Waals surface area contributed by atoms with Crippen LogP contribution in [0.3, 0.4) is 0 Å². The molecule has 3 N–H and O–H groups in total. The molecular weight excluding hydrogens is 308 g/mol. The van der Waals surface area contributed by atoms with Crippen molar-refractivity contribution in [2.45, 2.75) is 31.7 Å². The lowest BCUT2D eigenvalue weighted by atomic mass is 9.92. The molecule has 0 amide bonds. The van der Waals surface area contributed by atoms with E-state index in [1.807, 2.05) is 0 Å². The Morgan fingerprint density at radius 1 is 1.35 bits per heavy atom. The number of phenolic OH excluding ortho intramolecular Hbond substituents is 1. The highest BCUT2D eigenvalue weighted by atomic mass is 79.9. The lowest BCUT2D eigenvalue weighted by molar-refractivity contribution is 0.391. The predicted molar refractivity (Wildman–Crippen MR) is 71.9 cm³/mol. The first-order valence-electron chi connectivity index (χ1n) is 5.53. The third-order valence-corrected chi connectivity index (χ3v) is 3.78. The number of hydrogen-bond acceptors (Lipinski definition) is 2. The van der Waals surface area contributed by atoms with Gasteiger partial charge in [0.25, 0.3) is 0 Å². The second kappa shape index (κ2) is 6.03. The van der Waals surface area contributed by atoms with Crippen molar-refractivity contribution in [3.8, 4) is 5.75 Å². The van der Waals surface area contributed by atoms with Gasteiger partial charge in [0.1, 0.15) is 0 Å². The van der Waals surface area contributed by atoms with E-state index in [4.69, 9.17) is 5.73 Å². The smallest absolute Gasteiger partial charge is 0.166 e. The molecule has 17 heavy (non-hydrogen) atoms. The van der Waals surface area contributed by atoms with Crippen molar-refractivity contribution < 1.29 is 9.50 Å². The van der Waals surface area contributed by atoms with Gasteiger partial charge in [0.05, 0.1) is 0 Å². The van der Waals surface area contributed by atoms with Gasteiger partial charge in [-0.1, -0.05) is 28.8 Å². The van der Waals surface area contributed by atoms with Gasteiger partial charge in [-0.15, -0.1) is 12.4 Å². The average molecular weight is 325 g/mol. The minimum absolute atomic E-state index is 0. The van der Waals surface area contributed by atoms with Crippen molar-refractivity contribution in [1.82, 2.24) is 0 Å². The molecule has 5 heteroatoms. The molecule has 1 atom stereocenters. The number of hydrogen-bond donors (Lipinski definition) is 2. The Morgan fingerprint density at radius 2 is 1.94 bits per heavy atom. The minimum Gasteiger partial charge on any atom is -0.505 e. The van der Waals surface area contributed by atoms with E-state index < -0.39 is 5.82 Å². The zero-order valence-electron chi connectivity index (χ0n) is 9.33. The number of benzene rings is 1. The van der Waals surface area contributed by atoms with Crippen LogP contribution in [0.1, 0.15) is 37.3 Å². The van der Waals surface area contributed by atoms with Gasteiger partial charge in [0.15, 0.2) is 11.6 Å². The van der Waals surface area contributed by atoms with Crippen LogP contribution in [0.25, 0.3) is 0 Å². The fourth-order valence-electron chi connectivity index (χ4n) is 2.41. The van der Waals surface area contributed by atoms with Crippen molar-refractivity contribution in [3.63, 3.8) is 0 Å². The summed E-state index contributed by atoms with van der Waals surface area (Å²) in [5, 5.41) is 9.68. The van der Waals surface area contributed by atoms with Crippen LogP contribution >= 0.6 is 28.3 Å². The van der Waals surface area contributed by atoms with Crippen molar-refractivity contribution in [2.75, 3.05) is 0 Å². The lowest BCUT2D eigenvalue weighted by Crippen LogP contribution is -2.19. The van der Waals surface area contributed by atoms with Gasteiger partial charge in [0.2, 0.25) is 0 Å². The van der Waals surface area contributed by atoms with Crippen molar-refractivity contribution in [3.05, 3.63) is 28.0 Å². The van der Waals surface area contributed by atoms with Gasteiger partial charge in [-0.05, 0) is 30.9 Å². The first kappa shape index (κ1) is 14.7. The number of aromatic hydroxyl groups is 1. The first-order chi connectivity index (χ1) is 7.59. The Balaban J connectivity index is 0.00000144. The standard InChI is InChI=1S/C12H15BrFNO.ClH/c13-8-5-9(12(16)10(14)6-8)11(15)7-3-1-2-4-7;/h5-7,11,16H,1-4,15H2;1H/t11-;/m0./s1. The third kappa shape index (κ3) is 3.12. The van der Waals surface area contributed by atoms with Crippen LogP contribution in [0.4, 0.5) is 4.39 Å². The summed E-state index contributed by atoms with van der Waals surface area (Å²) in [7, 11) is 0. The lowest BCUT2D eigenvalue weighted by Gasteiger charge is -2.20. The van der Waals surface area contributed by atoms with Gasteiger partial charge >= 0.3 is 0 Å². The van der Waals surface area contributed by atoms with Crippen molar-refractivity contribution in [1.29, 1.82) is 0 Å². The molecule has 1 saturated carbocycles. The first-order valence-corrected chi connectivity index (χ1v) is 6.32. The zero-order chi connectivity index (χ0) is 11.7. The van der Waals surface area contributed by atoms with Crippen LogP contribution in [0.15, 0.2) is 16.6 Å². The molecule has 0 spiro atoms. The molecule has 2 rings (SSSR count). The molecule has 0 saturated heterocycles. The summed E-state index contributed by atoms with van der Waals surface area (Å²) in [6, 6.07) is 2.69.